The maximum absolute atomic E-state index is 13.0. The number of hydrogen-bond acceptors (Lipinski definition) is 5. The molecule has 0 heterocycles. The number of amides is 1. The molecule has 0 aliphatic carbocycles. The second-order valence-electron chi connectivity index (χ2n) is 21.7. The van der Waals surface area contributed by atoms with Crippen LogP contribution < -0.4 is 5.32 Å². The summed E-state index contributed by atoms with van der Waals surface area (Å²) in [5.74, 6) is -0.220. The van der Waals surface area contributed by atoms with Crippen molar-refractivity contribution in [1.82, 2.24) is 5.32 Å². The molecule has 77 heavy (non-hydrogen) atoms. The molecule has 1 amide bonds. The van der Waals surface area contributed by atoms with Crippen molar-refractivity contribution < 1.29 is 32.9 Å². The number of aliphatic hydroxyl groups excluding tert-OH is 1. The van der Waals surface area contributed by atoms with Crippen LogP contribution in [0.1, 0.15) is 239 Å². The van der Waals surface area contributed by atoms with E-state index in [2.05, 4.69) is 141 Å². The third-order valence-electron chi connectivity index (χ3n) is 13.1. The first-order chi connectivity index (χ1) is 37.5. The summed E-state index contributed by atoms with van der Waals surface area (Å²) in [5, 5.41) is 13.9. The summed E-state index contributed by atoms with van der Waals surface area (Å²) in [6, 6.07) is -0.896. The van der Waals surface area contributed by atoms with Crippen molar-refractivity contribution in [2.24, 2.45) is 0 Å². The molecule has 0 fully saturated rings. The number of nitrogens with one attached hydrogen (secondary N) is 1. The molecule has 8 nitrogen and oxygen atoms in total. The molecular weight excluding hydrogens is 972 g/mol. The standard InChI is InChI=1S/C68H117N2O6P/c1-6-8-10-12-14-16-18-20-22-24-26-28-30-32-34-35-36-38-40-42-44-46-48-50-52-54-56-58-60-62-68(72)69-66(65-76-77(73,74)75-64-63-70(3,4)5)67(71)61-59-57-55-53-51-49-47-45-43-41-39-37-33-31-29-27-25-23-21-19-17-15-13-11-9-7-2/h8,10,14,16,20,22,26,28,32,34,36,38,42-45,48,50-51,53,59,61,66-67,71H,6-7,9,11-13,15,17-19,21,23-25,27,29-31,33,35,37,39-41,46-47,49,52,54-58,60,62-65H2,1-5H3,(H-,69,72,73,74)/p+1/b10-8-,16-14-,22-20-,28-26-,34-32-,38-36-,44-42-,45-43+,50-48-,53-51+,61-59+. The van der Waals surface area contributed by atoms with Crippen molar-refractivity contribution >= 4 is 13.7 Å². The third kappa shape index (κ3) is 60.1. The fourth-order valence-electron chi connectivity index (χ4n) is 8.27. The molecule has 9 heteroatoms. The van der Waals surface area contributed by atoms with Gasteiger partial charge in [-0.3, -0.25) is 13.8 Å². The van der Waals surface area contributed by atoms with Gasteiger partial charge in [-0.05, 0) is 109 Å². The van der Waals surface area contributed by atoms with Crippen molar-refractivity contribution in [1.29, 1.82) is 0 Å². The Kier molecular flexibility index (Phi) is 54.8. The topological polar surface area (TPSA) is 105 Å². The first-order valence-electron chi connectivity index (χ1n) is 31.1. The zero-order valence-corrected chi connectivity index (χ0v) is 51.0. The number of phosphoric ester groups is 1. The molecule has 0 saturated carbocycles. The summed E-state index contributed by atoms with van der Waals surface area (Å²) >= 11 is 0. The second-order valence-corrected chi connectivity index (χ2v) is 23.1. The highest BCUT2D eigenvalue weighted by Gasteiger charge is 2.27. The van der Waals surface area contributed by atoms with Gasteiger partial charge in [-0.25, -0.2) is 4.57 Å². The van der Waals surface area contributed by atoms with Crippen LogP contribution in [0.15, 0.2) is 134 Å². The number of likely N-dealkylation sites (N-methyl/N-ethyl adjacent to an activating group) is 1. The molecule has 0 aromatic carbocycles. The number of unbranched alkanes of at least 4 members (excludes halogenated alkanes) is 22. The predicted octanol–water partition coefficient (Wildman–Crippen LogP) is 19.5. The molecule has 0 spiro atoms. The van der Waals surface area contributed by atoms with E-state index < -0.39 is 20.0 Å². The van der Waals surface area contributed by atoms with Crippen molar-refractivity contribution in [2.45, 2.75) is 251 Å². The fourth-order valence-corrected chi connectivity index (χ4v) is 9.00. The minimum atomic E-state index is -4.38. The van der Waals surface area contributed by atoms with E-state index in [0.717, 1.165) is 109 Å². The van der Waals surface area contributed by atoms with Gasteiger partial charge in [-0.1, -0.05) is 257 Å². The summed E-state index contributed by atoms with van der Waals surface area (Å²) in [4.78, 5) is 23.3. The molecule has 3 N–H and O–H groups in total. The molecule has 0 aromatic rings. The highest BCUT2D eigenvalue weighted by atomic mass is 31.2. The lowest BCUT2D eigenvalue weighted by Gasteiger charge is -2.25. The number of hydrogen-bond donors (Lipinski definition) is 3. The monoisotopic (exact) mass is 1090 g/mol. The van der Waals surface area contributed by atoms with Crippen LogP contribution in [0, 0.1) is 0 Å². The highest BCUT2D eigenvalue weighted by Crippen LogP contribution is 2.43. The van der Waals surface area contributed by atoms with Gasteiger partial charge in [0.15, 0.2) is 0 Å². The number of phosphoric acid groups is 1. The van der Waals surface area contributed by atoms with Crippen molar-refractivity contribution in [3.63, 3.8) is 0 Å². The molecule has 0 bridgehead atoms. The van der Waals surface area contributed by atoms with E-state index >= 15 is 0 Å². The van der Waals surface area contributed by atoms with Gasteiger partial charge < -0.3 is 19.8 Å². The first kappa shape index (κ1) is 73.6. The molecule has 440 valence electrons. The van der Waals surface area contributed by atoms with E-state index in [1.54, 1.807) is 6.08 Å². The largest absolute Gasteiger partial charge is 0.472 e. The van der Waals surface area contributed by atoms with Crippen molar-refractivity contribution in [3.8, 4) is 0 Å². The summed E-state index contributed by atoms with van der Waals surface area (Å²) in [7, 11) is 1.51. The number of rotatable bonds is 55. The van der Waals surface area contributed by atoms with Gasteiger partial charge in [0.05, 0.1) is 39.9 Å². The van der Waals surface area contributed by atoms with Gasteiger partial charge in [-0.2, -0.15) is 0 Å². The van der Waals surface area contributed by atoms with Gasteiger partial charge in [0.25, 0.3) is 0 Å². The SMILES string of the molecule is CC/C=C\C/C=C\C/C=C\C/C=C\C/C=C\C/C=C\C/C=C\C/C=C\CCCCCCC(=O)NC(COP(=O)(O)OCC[N+](C)(C)C)C(O)/C=C/CC/C=C/CC/C=C/CCCCCCCCCCCCCCCCCC. The molecule has 0 aromatic heterocycles. The molecular formula is C68H118N2O6P+. The van der Waals surface area contributed by atoms with Crippen LogP contribution in [-0.4, -0.2) is 73.4 Å². The molecule has 3 unspecified atom stereocenters. The highest BCUT2D eigenvalue weighted by molar-refractivity contribution is 7.47. The van der Waals surface area contributed by atoms with E-state index in [1.165, 1.54) is 109 Å². The lowest BCUT2D eigenvalue weighted by molar-refractivity contribution is -0.870. The fraction of sp³-hybridized carbons (Fsp3) is 0.662. The van der Waals surface area contributed by atoms with E-state index in [4.69, 9.17) is 9.05 Å². The van der Waals surface area contributed by atoms with Crippen LogP contribution in [0.3, 0.4) is 0 Å². The molecule has 3 atom stereocenters. The Hall–Kier alpha value is -3.36. The van der Waals surface area contributed by atoms with Gasteiger partial charge in [0, 0.05) is 6.42 Å². The first-order valence-corrected chi connectivity index (χ1v) is 32.6. The number of allylic oxidation sites excluding steroid dienone is 21. The predicted molar refractivity (Wildman–Crippen MR) is 336 cm³/mol. The smallest absolute Gasteiger partial charge is 0.387 e. The third-order valence-corrected chi connectivity index (χ3v) is 14.1. The van der Waals surface area contributed by atoms with Crippen LogP contribution in [0.25, 0.3) is 0 Å². The number of quaternary nitrogens is 1. The van der Waals surface area contributed by atoms with Gasteiger partial charge >= 0.3 is 7.82 Å². The molecule has 0 aliphatic rings. The Morgan fingerprint density at radius 1 is 0.455 bits per heavy atom. The number of carbonyl (C=O) groups is 1. The Morgan fingerprint density at radius 2 is 0.792 bits per heavy atom. The van der Waals surface area contributed by atoms with Gasteiger partial charge in [0.1, 0.15) is 13.2 Å². The molecule has 0 radical (unpaired) electrons. The lowest BCUT2D eigenvalue weighted by Crippen LogP contribution is -2.45. The summed E-state index contributed by atoms with van der Waals surface area (Å²) in [6.07, 6.45) is 87.1. The van der Waals surface area contributed by atoms with Crippen LogP contribution in [0.5, 0.6) is 0 Å². The molecule has 0 rings (SSSR count). The van der Waals surface area contributed by atoms with E-state index in [9.17, 15) is 19.4 Å². The zero-order valence-electron chi connectivity index (χ0n) is 50.1. The number of nitrogens with zero attached hydrogens (tertiary/aromatic N) is 1. The lowest BCUT2D eigenvalue weighted by atomic mass is 10.0. The van der Waals surface area contributed by atoms with Crippen LogP contribution in [-0.2, 0) is 18.4 Å². The molecule has 0 saturated heterocycles. The minimum Gasteiger partial charge on any atom is -0.387 e. The van der Waals surface area contributed by atoms with Crippen LogP contribution in [0.4, 0.5) is 0 Å². The average molecular weight is 1090 g/mol. The minimum absolute atomic E-state index is 0.0404. The van der Waals surface area contributed by atoms with Crippen LogP contribution in [0.2, 0.25) is 0 Å². The molecule has 0 aliphatic heterocycles. The Bertz CT molecular complexity index is 1710. The summed E-state index contributed by atoms with van der Waals surface area (Å²) < 4.78 is 23.7. The van der Waals surface area contributed by atoms with Crippen molar-refractivity contribution in [3.05, 3.63) is 134 Å². The Morgan fingerprint density at radius 3 is 1.19 bits per heavy atom. The van der Waals surface area contributed by atoms with E-state index in [0.29, 0.717) is 17.4 Å². The average Bonchev–Trinajstić information content (AvgIpc) is 3.39. The maximum atomic E-state index is 13.0. The van der Waals surface area contributed by atoms with Crippen LogP contribution >= 0.6 is 7.82 Å². The Balaban J connectivity index is 4.35. The van der Waals surface area contributed by atoms with Gasteiger partial charge in [0.2, 0.25) is 5.91 Å². The maximum Gasteiger partial charge on any atom is 0.472 e. The zero-order chi connectivity index (χ0) is 56.3. The quantitative estimate of drug-likeness (QED) is 0.0243. The van der Waals surface area contributed by atoms with Crippen molar-refractivity contribution in [2.75, 3.05) is 40.9 Å². The number of aliphatic hydroxyl groups is 1. The van der Waals surface area contributed by atoms with E-state index in [1.807, 2.05) is 27.2 Å². The summed E-state index contributed by atoms with van der Waals surface area (Å²) in [6.45, 7) is 4.65. The number of carbonyl (C=O) groups excluding carboxylic acids is 1. The Labute approximate surface area is 475 Å². The summed E-state index contributed by atoms with van der Waals surface area (Å²) in [5.41, 5.74) is 0. The van der Waals surface area contributed by atoms with E-state index in [-0.39, 0.29) is 19.1 Å². The van der Waals surface area contributed by atoms with Gasteiger partial charge in [-0.15, -0.1) is 0 Å². The second kappa shape index (κ2) is 57.3. The normalized spacial score (nSPS) is 14.7.